The van der Waals surface area contributed by atoms with Crippen molar-refractivity contribution in [3.63, 3.8) is 0 Å². The van der Waals surface area contributed by atoms with Crippen LogP contribution in [0.1, 0.15) is 46.5 Å². The minimum absolute atomic E-state index is 0. The van der Waals surface area contributed by atoms with Crippen LogP contribution in [0.15, 0.2) is 4.99 Å². The monoisotopic (exact) mass is 559 g/mol. The molecule has 0 spiro atoms. The first-order chi connectivity index (χ1) is 13.8. The number of sulfonamides is 1. The van der Waals surface area contributed by atoms with Crippen molar-refractivity contribution in [3.05, 3.63) is 0 Å². The summed E-state index contributed by atoms with van der Waals surface area (Å²) < 4.78 is 30.5. The standard InChI is InChI=1S/C20H41N5O3S.HI/c1-5-21-20(22-16-18-6-12-25(13-7-18)29(4,26)27)23-19-8-10-24(11-9-19)14-15-28-17(2)3;/h17-19H,5-16H2,1-4H3,(H2,21,22,23);1H. The van der Waals surface area contributed by atoms with Gasteiger partial charge in [0, 0.05) is 51.9 Å². The van der Waals surface area contributed by atoms with Crippen molar-refractivity contribution in [2.75, 3.05) is 58.7 Å². The summed E-state index contributed by atoms with van der Waals surface area (Å²) in [4.78, 5) is 7.27. The van der Waals surface area contributed by atoms with E-state index in [1.807, 2.05) is 0 Å². The summed E-state index contributed by atoms with van der Waals surface area (Å²) >= 11 is 0. The third kappa shape index (κ3) is 10.4. The predicted molar refractivity (Wildman–Crippen MR) is 134 cm³/mol. The zero-order chi connectivity index (χ0) is 21.3. The molecule has 2 rings (SSSR count). The third-order valence-corrected chi connectivity index (χ3v) is 6.98. The van der Waals surface area contributed by atoms with Gasteiger partial charge in [-0.05, 0) is 52.4 Å². The van der Waals surface area contributed by atoms with Crippen LogP contribution in [0.5, 0.6) is 0 Å². The first-order valence-corrected chi connectivity index (χ1v) is 13.0. The predicted octanol–water partition coefficient (Wildman–Crippen LogP) is 1.72. The summed E-state index contributed by atoms with van der Waals surface area (Å²) in [6, 6.07) is 0.446. The van der Waals surface area contributed by atoms with Crippen LogP contribution >= 0.6 is 24.0 Å². The Balaban J connectivity index is 0.00000450. The van der Waals surface area contributed by atoms with Gasteiger partial charge in [0.2, 0.25) is 10.0 Å². The molecule has 0 aromatic heterocycles. The van der Waals surface area contributed by atoms with E-state index >= 15 is 0 Å². The molecule has 178 valence electrons. The van der Waals surface area contributed by atoms with Crippen molar-refractivity contribution >= 4 is 40.0 Å². The molecule has 10 heteroatoms. The van der Waals surface area contributed by atoms with E-state index in [9.17, 15) is 8.42 Å². The summed E-state index contributed by atoms with van der Waals surface area (Å²) in [5, 5.41) is 6.96. The number of ether oxygens (including phenoxy) is 1. The number of hydrogen-bond acceptors (Lipinski definition) is 5. The fraction of sp³-hybridized carbons (Fsp3) is 0.950. The highest BCUT2D eigenvalue weighted by atomic mass is 127. The number of nitrogens with one attached hydrogen (secondary N) is 2. The minimum Gasteiger partial charge on any atom is -0.377 e. The van der Waals surface area contributed by atoms with Crippen molar-refractivity contribution in [1.82, 2.24) is 19.8 Å². The van der Waals surface area contributed by atoms with Gasteiger partial charge < -0.3 is 20.3 Å². The lowest BCUT2D eigenvalue weighted by Crippen LogP contribution is -2.49. The van der Waals surface area contributed by atoms with Crippen LogP contribution in [0.2, 0.25) is 0 Å². The van der Waals surface area contributed by atoms with Gasteiger partial charge in [0.15, 0.2) is 5.96 Å². The molecule has 0 amide bonds. The fourth-order valence-corrected chi connectivity index (χ4v) is 4.75. The number of halogens is 1. The van der Waals surface area contributed by atoms with Gasteiger partial charge in [0.1, 0.15) is 0 Å². The second-order valence-electron chi connectivity index (χ2n) is 8.50. The topological polar surface area (TPSA) is 86.3 Å². The molecule has 2 saturated heterocycles. The second kappa shape index (κ2) is 14.1. The van der Waals surface area contributed by atoms with Gasteiger partial charge in [-0.1, -0.05) is 0 Å². The summed E-state index contributed by atoms with van der Waals surface area (Å²) in [6.45, 7) is 13.0. The molecule has 2 fully saturated rings. The van der Waals surface area contributed by atoms with Crippen LogP contribution in [-0.4, -0.2) is 94.4 Å². The Hall–Kier alpha value is -0.170. The van der Waals surface area contributed by atoms with Gasteiger partial charge in [-0.25, -0.2) is 12.7 Å². The molecule has 0 unspecified atom stereocenters. The number of nitrogens with zero attached hydrogens (tertiary/aromatic N) is 3. The lowest BCUT2D eigenvalue weighted by Gasteiger charge is -2.33. The van der Waals surface area contributed by atoms with E-state index in [2.05, 4.69) is 36.3 Å². The van der Waals surface area contributed by atoms with Crippen LogP contribution in [0.4, 0.5) is 0 Å². The van der Waals surface area contributed by atoms with Crippen LogP contribution in [-0.2, 0) is 14.8 Å². The van der Waals surface area contributed by atoms with Gasteiger partial charge in [0.05, 0.1) is 19.0 Å². The number of rotatable bonds is 9. The normalized spacial score (nSPS) is 20.9. The van der Waals surface area contributed by atoms with E-state index in [1.165, 1.54) is 6.26 Å². The average Bonchev–Trinajstić information content (AvgIpc) is 2.67. The molecule has 8 nitrogen and oxygen atoms in total. The number of aliphatic imine (C=N–C) groups is 1. The molecule has 0 radical (unpaired) electrons. The molecule has 2 heterocycles. The molecule has 2 N–H and O–H groups in total. The SMILES string of the molecule is CCNC(=NCC1CCN(S(C)(=O)=O)CC1)NC1CCN(CCOC(C)C)CC1.I. The van der Waals surface area contributed by atoms with Crippen molar-refractivity contribution in [2.24, 2.45) is 10.9 Å². The highest BCUT2D eigenvalue weighted by Gasteiger charge is 2.25. The Kier molecular flexibility index (Phi) is 13.1. The average molecular weight is 560 g/mol. The second-order valence-corrected chi connectivity index (χ2v) is 10.5. The lowest BCUT2D eigenvalue weighted by atomic mass is 9.98. The number of likely N-dealkylation sites (tertiary alicyclic amines) is 1. The molecule has 0 aromatic carbocycles. The molecule has 2 aliphatic heterocycles. The molecular formula is C20H42IN5O3S. The van der Waals surface area contributed by atoms with Crippen LogP contribution < -0.4 is 10.6 Å². The van der Waals surface area contributed by atoms with Crippen molar-refractivity contribution in [2.45, 2.75) is 58.6 Å². The molecule has 2 aliphatic rings. The molecule has 0 saturated carbocycles. The maximum absolute atomic E-state index is 11.6. The molecule has 0 bridgehead atoms. The zero-order valence-corrected chi connectivity index (χ0v) is 22.2. The summed E-state index contributed by atoms with van der Waals surface area (Å²) in [5.74, 6) is 1.34. The Morgan fingerprint density at radius 3 is 2.30 bits per heavy atom. The largest absolute Gasteiger partial charge is 0.377 e. The van der Waals surface area contributed by atoms with Gasteiger partial charge in [-0.2, -0.15) is 0 Å². The summed E-state index contributed by atoms with van der Waals surface area (Å²) in [5.41, 5.74) is 0. The third-order valence-electron chi connectivity index (χ3n) is 5.68. The van der Waals surface area contributed by atoms with E-state index in [4.69, 9.17) is 9.73 Å². The van der Waals surface area contributed by atoms with Crippen LogP contribution in [0.3, 0.4) is 0 Å². The highest BCUT2D eigenvalue weighted by molar-refractivity contribution is 14.0. The Bertz CT molecular complexity index is 602. The van der Waals surface area contributed by atoms with Crippen LogP contribution in [0, 0.1) is 5.92 Å². The van der Waals surface area contributed by atoms with Gasteiger partial charge in [-0.3, -0.25) is 4.99 Å². The molecule has 0 atom stereocenters. The minimum atomic E-state index is -3.06. The Morgan fingerprint density at radius 2 is 1.77 bits per heavy atom. The van der Waals surface area contributed by atoms with Crippen molar-refractivity contribution in [1.29, 1.82) is 0 Å². The van der Waals surface area contributed by atoms with E-state index in [1.54, 1.807) is 4.31 Å². The van der Waals surface area contributed by atoms with Crippen molar-refractivity contribution < 1.29 is 13.2 Å². The van der Waals surface area contributed by atoms with Gasteiger partial charge in [0.25, 0.3) is 0 Å². The maximum atomic E-state index is 11.6. The smallest absolute Gasteiger partial charge is 0.211 e. The molecule has 30 heavy (non-hydrogen) atoms. The molecule has 0 aliphatic carbocycles. The quantitative estimate of drug-likeness (QED) is 0.254. The summed E-state index contributed by atoms with van der Waals surface area (Å²) in [7, 11) is -3.06. The van der Waals surface area contributed by atoms with E-state index < -0.39 is 10.0 Å². The number of hydrogen-bond donors (Lipinski definition) is 2. The Labute approximate surface area is 200 Å². The fourth-order valence-electron chi connectivity index (χ4n) is 3.88. The van der Waals surface area contributed by atoms with E-state index in [0.29, 0.717) is 31.2 Å². The maximum Gasteiger partial charge on any atom is 0.211 e. The molecular weight excluding hydrogens is 517 g/mol. The number of piperidine rings is 2. The van der Waals surface area contributed by atoms with Crippen LogP contribution in [0.25, 0.3) is 0 Å². The zero-order valence-electron chi connectivity index (χ0n) is 19.1. The van der Waals surface area contributed by atoms with Gasteiger partial charge >= 0.3 is 0 Å². The van der Waals surface area contributed by atoms with Gasteiger partial charge in [-0.15, -0.1) is 24.0 Å². The first-order valence-electron chi connectivity index (χ1n) is 11.1. The highest BCUT2D eigenvalue weighted by Crippen LogP contribution is 2.19. The van der Waals surface area contributed by atoms with E-state index in [0.717, 1.165) is 71.0 Å². The number of guanidine groups is 1. The summed E-state index contributed by atoms with van der Waals surface area (Å²) in [6.07, 6.45) is 5.57. The Morgan fingerprint density at radius 1 is 1.13 bits per heavy atom. The van der Waals surface area contributed by atoms with E-state index in [-0.39, 0.29) is 24.0 Å². The lowest BCUT2D eigenvalue weighted by molar-refractivity contribution is 0.0532. The van der Waals surface area contributed by atoms with Crippen molar-refractivity contribution in [3.8, 4) is 0 Å². The first kappa shape index (κ1) is 27.9. The molecule has 0 aromatic rings.